The second kappa shape index (κ2) is 10.4. The molecule has 4 rings (SSSR count). The molecule has 0 bridgehead atoms. The van der Waals surface area contributed by atoms with Crippen LogP contribution in [0.25, 0.3) is 0 Å². The first-order valence-electron chi connectivity index (χ1n) is 12.4. The Hall–Kier alpha value is -2.82. The Bertz CT molecular complexity index is 956. The first kappa shape index (κ1) is 23.3. The molecule has 0 aliphatic heterocycles. The maximum atomic E-state index is 13.7. The van der Waals surface area contributed by atoms with Crippen molar-refractivity contribution in [3.63, 3.8) is 0 Å². The van der Waals surface area contributed by atoms with E-state index in [-0.39, 0.29) is 17.5 Å². The van der Waals surface area contributed by atoms with Gasteiger partial charge in [0.1, 0.15) is 5.75 Å². The number of benzene rings is 2. The third-order valence-electron chi connectivity index (χ3n) is 7.50. The zero-order valence-electron chi connectivity index (χ0n) is 19.5. The number of hydrogen-bond donors (Lipinski definition) is 2. The van der Waals surface area contributed by atoms with Crippen molar-refractivity contribution in [2.24, 2.45) is 5.92 Å². The highest BCUT2D eigenvalue weighted by Crippen LogP contribution is 2.45. The Balaban J connectivity index is 1.52. The van der Waals surface area contributed by atoms with E-state index < -0.39 is 11.4 Å². The normalized spacial score (nSPS) is 19.1. The molecule has 2 aliphatic rings. The number of carboxylic acid groups (broad SMARTS) is 1. The number of carbonyl (C=O) groups is 2. The van der Waals surface area contributed by atoms with Crippen LogP contribution in [0, 0.1) is 5.92 Å². The summed E-state index contributed by atoms with van der Waals surface area (Å²) in [5.74, 6) is 0.532. The minimum Gasteiger partial charge on any atom is -0.493 e. The second-order valence-electron chi connectivity index (χ2n) is 9.72. The molecule has 2 aromatic rings. The highest BCUT2D eigenvalue weighted by molar-refractivity contribution is 5.90. The smallest absolute Gasteiger partial charge is 0.335 e. The van der Waals surface area contributed by atoms with Gasteiger partial charge in [-0.25, -0.2) is 4.79 Å². The van der Waals surface area contributed by atoms with Crippen LogP contribution in [0.3, 0.4) is 0 Å². The summed E-state index contributed by atoms with van der Waals surface area (Å²) in [6.45, 7) is 2.67. The predicted molar refractivity (Wildman–Crippen MR) is 129 cm³/mol. The van der Waals surface area contributed by atoms with Gasteiger partial charge >= 0.3 is 5.97 Å². The Morgan fingerprint density at radius 1 is 1.00 bits per heavy atom. The van der Waals surface area contributed by atoms with Gasteiger partial charge in [-0.1, -0.05) is 62.4 Å². The van der Waals surface area contributed by atoms with Gasteiger partial charge in [0.2, 0.25) is 5.91 Å². The van der Waals surface area contributed by atoms with E-state index in [4.69, 9.17) is 9.84 Å². The van der Waals surface area contributed by atoms with Crippen molar-refractivity contribution in [3.8, 4) is 5.75 Å². The van der Waals surface area contributed by atoms with Crippen LogP contribution in [0.15, 0.2) is 48.5 Å². The number of ether oxygens (including phenoxy) is 1. The highest BCUT2D eigenvalue weighted by Gasteiger charge is 2.45. The van der Waals surface area contributed by atoms with Crippen LogP contribution >= 0.6 is 0 Å². The molecule has 2 N–H and O–H groups in total. The summed E-state index contributed by atoms with van der Waals surface area (Å²) in [7, 11) is 0. The molecule has 1 amide bonds. The highest BCUT2D eigenvalue weighted by atomic mass is 16.5. The second-order valence-corrected chi connectivity index (χ2v) is 9.72. The number of carbonyl (C=O) groups excluding carboxylic acids is 1. The molecule has 0 saturated heterocycles. The molecule has 0 spiro atoms. The van der Waals surface area contributed by atoms with Gasteiger partial charge in [-0.05, 0) is 62.3 Å². The summed E-state index contributed by atoms with van der Waals surface area (Å²) in [5, 5.41) is 12.4. The van der Waals surface area contributed by atoms with Crippen molar-refractivity contribution in [3.05, 3.63) is 65.2 Å². The van der Waals surface area contributed by atoms with E-state index in [1.165, 1.54) is 32.1 Å². The van der Waals surface area contributed by atoms with E-state index >= 15 is 0 Å². The van der Waals surface area contributed by atoms with Crippen LogP contribution in [0.1, 0.15) is 92.2 Å². The molecule has 0 unspecified atom stereocenters. The molecule has 2 aliphatic carbocycles. The third kappa shape index (κ3) is 5.23. The van der Waals surface area contributed by atoms with Gasteiger partial charge in [0.05, 0.1) is 23.6 Å². The molecule has 2 saturated carbocycles. The van der Waals surface area contributed by atoms with Crippen molar-refractivity contribution >= 4 is 11.9 Å². The monoisotopic (exact) mass is 449 g/mol. The molecule has 0 aromatic heterocycles. The molecule has 2 fully saturated rings. The zero-order chi connectivity index (χ0) is 23.3. The zero-order valence-corrected chi connectivity index (χ0v) is 19.5. The minimum atomic E-state index is -0.951. The van der Waals surface area contributed by atoms with Crippen molar-refractivity contribution in [1.82, 2.24) is 5.32 Å². The number of amides is 1. The average Bonchev–Trinajstić information content (AvgIpc) is 3.35. The number of para-hydroxylation sites is 1. The van der Waals surface area contributed by atoms with Gasteiger partial charge in [0, 0.05) is 5.56 Å². The van der Waals surface area contributed by atoms with E-state index in [0.29, 0.717) is 5.92 Å². The van der Waals surface area contributed by atoms with Crippen molar-refractivity contribution < 1.29 is 19.4 Å². The average molecular weight is 450 g/mol. The van der Waals surface area contributed by atoms with Crippen molar-refractivity contribution in [2.45, 2.75) is 76.2 Å². The van der Waals surface area contributed by atoms with Gasteiger partial charge in [0.25, 0.3) is 0 Å². The Morgan fingerprint density at radius 3 is 2.33 bits per heavy atom. The fourth-order valence-electron chi connectivity index (χ4n) is 5.48. The molecule has 0 heterocycles. The lowest BCUT2D eigenvalue weighted by molar-refractivity contribution is -0.127. The minimum absolute atomic E-state index is 0.0310. The molecule has 2 aromatic carbocycles. The predicted octanol–water partition coefficient (Wildman–Crippen LogP) is 6.03. The third-order valence-corrected chi connectivity index (χ3v) is 7.50. The summed E-state index contributed by atoms with van der Waals surface area (Å²) in [6, 6.07) is 14.6. The van der Waals surface area contributed by atoms with Crippen LogP contribution in [0.5, 0.6) is 5.75 Å². The van der Waals surface area contributed by atoms with Crippen molar-refractivity contribution in [2.75, 3.05) is 6.61 Å². The topological polar surface area (TPSA) is 75.6 Å². The first-order chi connectivity index (χ1) is 16.0. The van der Waals surface area contributed by atoms with Gasteiger partial charge in [-0.3, -0.25) is 4.79 Å². The fourth-order valence-corrected chi connectivity index (χ4v) is 5.48. The largest absolute Gasteiger partial charge is 0.493 e. The Kier molecular flexibility index (Phi) is 7.36. The van der Waals surface area contributed by atoms with Gasteiger partial charge in [-0.15, -0.1) is 0 Å². The SMILES string of the molecule is C[C@H](NC(=O)C1(c2ccccc2OCC2CCCCC2)CCCC1)c1ccc(C(=O)O)cc1. The van der Waals surface area contributed by atoms with Crippen LogP contribution in [0.2, 0.25) is 0 Å². The van der Waals surface area contributed by atoms with E-state index in [1.54, 1.807) is 24.3 Å². The number of nitrogens with one attached hydrogen (secondary N) is 1. The van der Waals surface area contributed by atoms with Gasteiger partial charge < -0.3 is 15.2 Å². The molecule has 176 valence electrons. The summed E-state index contributed by atoms with van der Waals surface area (Å²) in [5.41, 5.74) is 1.56. The molecular formula is C28H35NO4. The molecule has 5 heteroatoms. The first-order valence-corrected chi connectivity index (χ1v) is 12.4. The number of rotatable bonds is 8. The summed E-state index contributed by atoms with van der Waals surface area (Å²) >= 11 is 0. The maximum absolute atomic E-state index is 13.7. The van der Waals surface area contributed by atoms with E-state index in [1.807, 2.05) is 25.1 Å². The molecular weight excluding hydrogens is 414 g/mol. The quantitative estimate of drug-likeness (QED) is 0.516. The fraction of sp³-hybridized carbons (Fsp3) is 0.500. The lowest BCUT2D eigenvalue weighted by Gasteiger charge is -2.32. The lowest BCUT2D eigenvalue weighted by Crippen LogP contribution is -2.43. The molecule has 1 atom stereocenters. The molecule has 5 nitrogen and oxygen atoms in total. The van der Waals surface area contributed by atoms with Crippen LogP contribution in [-0.2, 0) is 10.2 Å². The van der Waals surface area contributed by atoms with Crippen LogP contribution in [0.4, 0.5) is 0 Å². The van der Waals surface area contributed by atoms with Gasteiger partial charge in [-0.2, -0.15) is 0 Å². The Morgan fingerprint density at radius 2 is 1.67 bits per heavy atom. The van der Waals surface area contributed by atoms with Gasteiger partial charge in [0.15, 0.2) is 0 Å². The standard InChI is InChI=1S/C28H35NO4/c1-20(22-13-15-23(16-14-22)26(30)31)29-27(32)28(17-7-8-18-28)24-11-5-6-12-25(24)33-19-21-9-3-2-4-10-21/h5-6,11-16,20-21H,2-4,7-10,17-19H2,1H3,(H,29,32)(H,30,31)/t20-/m0/s1. The molecule has 0 radical (unpaired) electrons. The van der Waals surface area contributed by atoms with E-state index in [9.17, 15) is 9.59 Å². The number of aromatic carboxylic acids is 1. The number of hydrogen-bond acceptors (Lipinski definition) is 3. The lowest BCUT2D eigenvalue weighted by atomic mass is 9.77. The maximum Gasteiger partial charge on any atom is 0.335 e. The summed E-state index contributed by atoms with van der Waals surface area (Å²) < 4.78 is 6.35. The van der Waals surface area contributed by atoms with E-state index in [0.717, 1.165) is 49.2 Å². The van der Waals surface area contributed by atoms with E-state index in [2.05, 4.69) is 11.4 Å². The number of carboxylic acids is 1. The van der Waals surface area contributed by atoms with Crippen molar-refractivity contribution in [1.29, 1.82) is 0 Å². The summed E-state index contributed by atoms with van der Waals surface area (Å²) in [6.07, 6.45) is 10.0. The summed E-state index contributed by atoms with van der Waals surface area (Å²) in [4.78, 5) is 24.9. The molecule has 33 heavy (non-hydrogen) atoms. The Labute approximate surface area is 196 Å². The van der Waals surface area contributed by atoms with Crippen LogP contribution in [-0.4, -0.2) is 23.6 Å². The van der Waals surface area contributed by atoms with Crippen LogP contribution < -0.4 is 10.1 Å².